The number of allylic oxidation sites excluding steroid dienone is 1. The number of ether oxygens (including phenoxy) is 1. The van der Waals surface area contributed by atoms with Crippen LogP contribution in [0.1, 0.15) is 101 Å². The van der Waals surface area contributed by atoms with E-state index in [9.17, 15) is 5.26 Å². The van der Waals surface area contributed by atoms with Crippen molar-refractivity contribution in [3.8, 4) is 17.2 Å². The number of unbranched alkanes of at least 4 members (excludes halogenated alkanes) is 3. The first-order valence-corrected chi connectivity index (χ1v) is 15.5. The van der Waals surface area contributed by atoms with Crippen LogP contribution in [0.4, 0.5) is 0 Å². The van der Waals surface area contributed by atoms with Gasteiger partial charge in [-0.3, -0.25) is 0 Å². The topological polar surface area (TPSA) is 33.0 Å². The van der Waals surface area contributed by atoms with Crippen LogP contribution >= 0.6 is 0 Å². The van der Waals surface area contributed by atoms with Crippen molar-refractivity contribution < 1.29 is 4.74 Å². The second-order valence-corrected chi connectivity index (χ2v) is 11.2. The third-order valence-electron chi connectivity index (χ3n) is 7.98. The molecule has 0 aliphatic rings. The molecule has 0 N–H and O–H groups in total. The van der Waals surface area contributed by atoms with E-state index in [-0.39, 0.29) is 5.92 Å². The molecule has 0 saturated carbocycles. The lowest BCUT2D eigenvalue weighted by Crippen LogP contribution is -2.06. The molecule has 0 fully saturated rings. The second-order valence-electron chi connectivity index (χ2n) is 11.2. The predicted molar refractivity (Wildman–Crippen MR) is 169 cm³/mol. The van der Waals surface area contributed by atoms with Crippen molar-refractivity contribution in [3.05, 3.63) is 84.0 Å². The number of hydrogen-bond acceptors (Lipinski definition) is 2. The fourth-order valence-corrected chi connectivity index (χ4v) is 5.17. The maximum absolute atomic E-state index is 9.91. The van der Waals surface area contributed by atoms with Crippen LogP contribution < -0.4 is 0 Å². The third kappa shape index (κ3) is 12.0. The van der Waals surface area contributed by atoms with Gasteiger partial charge in [0.25, 0.3) is 0 Å². The van der Waals surface area contributed by atoms with Gasteiger partial charge in [-0.15, -0.1) is 13.2 Å². The Balaban J connectivity index is 2.29. The molecule has 39 heavy (non-hydrogen) atoms. The molecule has 2 atom stereocenters. The van der Waals surface area contributed by atoms with Crippen LogP contribution in [-0.2, 0) is 30.4 Å². The molecular formula is C37H53NO. The first-order chi connectivity index (χ1) is 19.1. The fourth-order valence-electron chi connectivity index (χ4n) is 5.17. The van der Waals surface area contributed by atoms with Crippen LogP contribution in [0.25, 0.3) is 11.1 Å². The summed E-state index contributed by atoms with van der Waals surface area (Å²) >= 11 is 0. The fraction of sp³-hybridized carbons (Fsp3) is 0.541. The van der Waals surface area contributed by atoms with E-state index in [1.807, 2.05) is 12.2 Å². The summed E-state index contributed by atoms with van der Waals surface area (Å²) in [5, 5.41) is 9.91. The van der Waals surface area contributed by atoms with Gasteiger partial charge >= 0.3 is 0 Å². The predicted octanol–water partition coefficient (Wildman–Crippen LogP) is 10.2. The molecule has 0 bridgehead atoms. The maximum Gasteiger partial charge on any atom is 0.0659 e. The highest BCUT2D eigenvalue weighted by Crippen LogP contribution is 2.29. The van der Waals surface area contributed by atoms with E-state index in [4.69, 9.17) is 4.74 Å². The average Bonchev–Trinajstić information content (AvgIpc) is 2.96. The molecule has 2 unspecified atom stereocenters. The maximum atomic E-state index is 9.91. The van der Waals surface area contributed by atoms with Crippen molar-refractivity contribution in [3.63, 3.8) is 0 Å². The molecule has 0 aromatic heterocycles. The number of aryl methyl sites for hydroxylation is 3. The van der Waals surface area contributed by atoms with Gasteiger partial charge < -0.3 is 4.74 Å². The average molecular weight is 528 g/mol. The molecule has 0 aliphatic heterocycles. The van der Waals surface area contributed by atoms with E-state index in [1.165, 1.54) is 59.1 Å². The molecule has 0 radical (unpaired) electrons. The smallest absolute Gasteiger partial charge is 0.0659 e. The lowest BCUT2D eigenvalue weighted by Gasteiger charge is -2.17. The summed E-state index contributed by atoms with van der Waals surface area (Å²) in [6, 6.07) is 16.7. The summed E-state index contributed by atoms with van der Waals surface area (Å²) in [4.78, 5) is 0. The molecule has 2 aromatic rings. The van der Waals surface area contributed by atoms with Gasteiger partial charge in [-0.1, -0.05) is 82.2 Å². The Kier molecular flexibility index (Phi) is 16.2. The molecule has 0 saturated heterocycles. The normalized spacial score (nSPS) is 12.6. The Morgan fingerprint density at radius 3 is 2.15 bits per heavy atom. The molecule has 0 aliphatic carbocycles. The lowest BCUT2D eigenvalue weighted by atomic mass is 9.87. The Labute approximate surface area is 240 Å². The van der Waals surface area contributed by atoms with Gasteiger partial charge in [0.05, 0.1) is 18.6 Å². The van der Waals surface area contributed by atoms with Gasteiger partial charge in [-0.2, -0.15) is 5.26 Å². The highest BCUT2D eigenvalue weighted by atomic mass is 16.5. The van der Waals surface area contributed by atoms with Crippen molar-refractivity contribution in [1.29, 1.82) is 5.26 Å². The number of nitrogens with zero attached hydrogens (tertiary/aromatic N) is 1. The zero-order valence-corrected chi connectivity index (χ0v) is 25.1. The quantitative estimate of drug-likeness (QED) is 0.119. The first kappa shape index (κ1) is 32.6. The summed E-state index contributed by atoms with van der Waals surface area (Å²) < 4.78 is 5.57. The van der Waals surface area contributed by atoms with Crippen molar-refractivity contribution in [2.45, 2.75) is 104 Å². The van der Waals surface area contributed by atoms with Gasteiger partial charge in [0, 0.05) is 6.61 Å². The first-order valence-electron chi connectivity index (χ1n) is 15.5. The van der Waals surface area contributed by atoms with E-state index >= 15 is 0 Å². The van der Waals surface area contributed by atoms with Crippen LogP contribution in [0.2, 0.25) is 0 Å². The molecule has 2 nitrogen and oxygen atoms in total. The Morgan fingerprint density at radius 2 is 1.51 bits per heavy atom. The highest BCUT2D eigenvalue weighted by molar-refractivity contribution is 5.66. The van der Waals surface area contributed by atoms with Gasteiger partial charge in [-0.25, -0.2) is 0 Å². The zero-order valence-electron chi connectivity index (χ0n) is 25.1. The number of hydrogen-bond donors (Lipinski definition) is 0. The van der Waals surface area contributed by atoms with E-state index in [0.29, 0.717) is 6.61 Å². The third-order valence-corrected chi connectivity index (χ3v) is 7.98. The van der Waals surface area contributed by atoms with Crippen LogP contribution in [0.15, 0.2) is 61.7 Å². The van der Waals surface area contributed by atoms with Crippen LogP contribution in [0.3, 0.4) is 0 Å². The molecule has 0 heterocycles. The Morgan fingerprint density at radius 1 is 0.821 bits per heavy atom. The SMILES string of the molecule is C=CCCCC(C#N)Cc1cc(-c2ccc(CCCCOCC=C)c(CCCC)c2)ccc1CCC(C)CC. The van der Waals surface area contributed by atoms with E-state index < -0.39 is 0 Å². The number of nitriles is 1. The van der Waals surface area contributed by atoms with Crippen molar-refractivity contribution in [1.82, 2.24) is 0 Å². The standard InChI is InChI=1S/C37H53NO/c1-6-10-12-15-31(29-38)26-37-28-36(23-21-33(37)19-18-30(5)9-4)35-22-20-32(34(27-35)16-11-7-2)17-13-14-25-39-24-8-3/h6,8,20-23,27-28,30-31H,1,3,7,9-19,24-26H2,2,4-5H3. The zero-order chi connectivity index (χ0) is 28.3. The summed E-state index contributed by atoms with van der Waals surface area (Å²) in [6.45, 7) is 15.9. The monoisotopic (exact) mass is 527 g/mol. The van der Waals surface area contributed by atoms with E-state index in [2.05, 4.69) is 76.4 Å². The summed E-state index contributed by atoms with van der Waals surface area (Å²) in [5.74, 6) is 0.777. The number of benzene rings is 2. The Bertz CT molecular complexity index is 1030. The molecule has 0 amide bonds. The van der Waals surface area contributed by atoms with E-state index in [0.717, 1.165) is 70.3 Å². The largest absolute Gasteiger partial charge is 0.377 e. The summed E-state index contributed by atoms with van der Waals surface area (Å²) in [7, 11) is 0. The minimum Gasteiger partial charge on any atom is -0.377 e. The molecule has 0 spiro atoms. The second kappa shape index (κ2) is 19.4. The van der Waals surface area contributed by atoms with Crippen molar-refractivity contribution >= 4 is 0 Å². The van der Waals surface area contributed by atoms with Gasteiger partial charge in [0.15, 0.2) is 0 Å². The molecule has 212 valence electrons. The van der Waals surface area contributed by atoms with Crippen LogP contribution in [0, 0.1) is 23.2 Å². The van der Waals surface area contributed by atoms with Crippen molar-refractivity contribution in [2.24, 2.45) is 11.8 Å². The number of rotatable bonds is 21. The Hall–Kier alpha value is -2.63. The molecule has 2 aromatic carbocycles. The van der Waals surface area contributed by atoms with E-state index in [1.54, 1.807) is 0 Å². The van der Waals surface area contributed by atoms with Gasteiger partial charge in [0.1, 0.15) is 0 Å². The van der Waals surface area contributed by atoms with Crippen molar-refractivity contribution in [2.75, 3.05) is 13.2 Å². The van der Waals surface area contributed by atoms with Gasteiger partial charge in [-0.05, 0) is 110 Å². The van der Waals surface area contributed by atoms with Crippen LogP contribution in [0.5, 0.6) is 0 Å². The minimum atomic E-state index is 0.0560. The minimum absolute atomic E-state index is 0.0560. The summed E-state index contributed by atoms with van der Waals surface area (Å²) in [5.41, 5.74) is 8.33. The lowest BCUT2D eigenvalue weighted by molar-refractivity contribution is 0.158. The molecule has 2 heteroatoms. The molecular weight excluding hydrogens is 474 g/mol. The molecule has 2 rings (SSSR count). The van der Waals surface area contributed by atoms with Gasteiger partial charge in [0.2, 0.25) is 0 Å². The summed E-state index contributed by atoms with van der Waals surface area (Å²) in [6.07, 6.45) is 17.9. The van der Waals surface area contributed by atoms with Crippen LogP contribution in [-0.4, -0.2) is 13.2 Å². The highest BCUT2D eigenvalue weighted by Gasteiger charge is 2.14.